The Kier molecular flexibility index (Phi) is 4.87. The maximum absolute atomic E-state index is 3.88. The fourth-order valence-corrected chi connectivity index (χ4v) is 3.73. The van der Waals surface area contributed by atoms with E-state index in [4.69, 9.17) is 0 Å². The molecular weight excluding hydrogens is 208 g/mol. The van der Waals surface area contributed by atoms with Gasteiger partial charge in [-0.2, -0.15) is 0 Å². The number of rotatable bonds is 4. The molecule has 2 fully saturated rings. The molecule has 1 saturated heterocycles. The summed E-state index contributed by atoms with van der Waals surface area (Å²) in [6.07, 6.45) is 8.25. The Labute approximate surface area is 107 Å². The largest absolute Gasteiger partial charge is 0.314 e. The van der Waals surface area contributed by atoms with Crippen molar-refractivity contribution in [3.05, 3.63) is 0 Å². The highest BCUT2D eigenvalue weighted by Crippen LogP contribution is 2.29. The number of hydrogen-bond donors (Lipinski definition) is 2. The van der Waals surface area contributed by atoms with Gasteiger partial charge in [-0.25, -0.2) is 0 Å². The van der Waals surface area contributed by atoms with Crippen molar-refractivity contribution in [3.63, 3.8) is 0 Å². The van der Waals surface area contributed by atoms with Gasteiger partial charge in [0.25, 0.3) is 0 Å². The van der Waals surface area contributed by atoms with Crippen LogP contribution in [0.15, 0.2) is 0 Å². The molecular formula is C15H30N2. The summed E-state index contributed by atoms with van der Waals surface area (Å²) in [5.74, 6) is 1.80. The van der Waals surface area contributed by atoms with Crippen LogP contribution >= 0.6 is 0 Å². The highest BCUT2D eigenvalue weighted by molar-refractivity contribution is 4.85. The second-order valence-corrected chi connectivity index (χ2v) is 6.60. The summed E-state index contributed by atoms with van der Waals surface area (Å²) in [6.45, 7) is 8.42. The topological polar surface area (TPSA) is 24.1 Å². The van der Waals surface area contributed by atoms with Gasteiger partial charge in [0.15, 0.2) is 0 Å². The van der Waals surface area contributed by atoms with Crippen molar-refractivity contribution in [1.82, 2.24) is 10.6 Å². The van der Waals surface area contributed by atoms with E-state index < -0.39 is 0 Å². The first-order valence-electron chi connectivity index (χ1n) is 7.64. The van der Waals surface area contributed by atoms with E-state index in [1.165, 1.54) is 45.1 Å². The maximum atomic E-state index is 3.88. The van der Waals surface area contributed by atoms with Gasteiger partial charge in [0, 0.05) is 18.1 Å². The smallest absolute Gasteiger partial charge is 0.00953 e. The van der Waals surface area contributed by atoms with Crippen LogP contribution in [0.25, 0.3) is 0 Å². The molecule has 0 aromatic heterocycles. The van der Waals surface area contributed by atoms with Gasteiger partial charge in [0.05, 0.1) is 0 Å². The van der Waals surface area contributed by atoms with Crippen LogP contribution in [0.4, 0.5) is 0 Å². The fraction of sp³-hybridized carbons (Fsp3) is 1.00. The van der Waals surface area contributed by atoms with Gasteiger partial charge in [-0.3, -0.25) is 0 Å². The van der Waals surface area contributed by atoms with E-state index in [-0.39, 0.29) is 0 Å². The molecule has 2 N–H and O–H groups in total. The zero-order valence-corrected chi connectivity index (χ0v) is 11.8. The average Bonchev–Trinajstić information content (AvgIpc) is 2.75. The summed E-state index contributed by atoms with van der Waals surface area (Å²) in [4.78, 5) is 0. The molecule has 5 atom stereocenters. The van der Waals surface area contributed by atoms with Gasteiger partial charge in [0.1, 0.15) is 0 Å². The molecule has 0 amide bonds. The quantitative estimate of drug-likeness (QED) is 0.787. The number of hydrogen-bond acceptors (Lipinski definition) is 2. The molecule has 0 aromatic rings. The van der Waals surface area contributed by atoms with E-state index in [0.29, 0.717) is 6.04 Å². The molecule has 2 aliphatic rings. The van der Waals surface area contributed by atoms with Crippen LogP contribution in [-0.2, 0) is 0 Å². The summed E-state index contributed by atoms with van der Waals surface area (Å²) in [6, 6.07) is 2.21. The Morgan fingerprint density at radius 1 is 1.24 bits per heavy atom. The van der Waals surface area contributed by atoms with Gasteiger partial charge < -0.3 is 10.6 Å². The molecule has 0 aromatic carbocycles. The van der Waals surface area contributed by atoms with E-state index in [1.54, 1.807) is 0 Å². The predicted molar refractivity (Wildman–Crippen MR) is 74.2 cm³/mol. The van der Waals surface area contributed by atoms with Crippen molar-refractivity contribution >= 4 is 0 Å². The molecule has 100 valence electrons. The minimum absolute atomic E-state index is 0.673. The fourth-order valence-electron chi connectivity index (χ4n) is 3.73. The van der Waals surface area contributed by atoms with Gasteiger partial charge in [0.2, 0.25) is 0 Å². The molecule has 2 heteroatoms. The van der Waals surface area contributed by atoms with Crippen molar-refractivity contribution in [3.8, 4) is 0 Å². The first-order valence-corrected chi connectivity index (χ1v) is 7.64. The lowest BCUT2D eigenvalue weighted by Crippen LogP contribution is -2.45. The van der Waals surface area contributed by atoms with Crippen LogP contribution in [0.3, 0.4) is 0 Å². The lowest BCUT2D eigenvalue weighted by atomic mass is 9.79. The van der Waals surface area contributed by atoms with Crippen molar-refractivity contribution in [2.45, 2.75) is 77.4 Å². The van der Waals surface area contributed by atoms with Crippen molar-refractivity contribution in [2.75, 3.05) is 6.54 Å². The third kappa shape index (κ3) is 3.96. The summed E-state index contributed by atoms with van der Waals surface area (Å²) >= 11 is 0. The van der Waals surface area contributed by atoms with Gasteiger partial charge >= 0.3 is 0 Å². The second-order valence-electron chi connectivity index (χ2n) is 6.60. The Bertz CT molecular complexity index is 223. The van der Waals surface area contributed by atoms with Crippen LogP contribution < -0.4 is 10.6 Å². The maximum Gasteiger partial charge on any atom is 0.00953 e. The monoisotopic (exact) mass is 238 g/mol. The van der Waals surface area contributed by atoms with Gasteiger partial charge in [-0.15, -0.1) is 0 Å². The summed E-state index contributed by atoms with van der Waals surface area (Å²) in [5, 5.41) is 7.48. The summed E-state index contributed by atoms with van der Waals surface area (Å²) in [7, 11) is 0. The van der Waals surface area contributed by atoms with Gasteiger partial charge in [-0.1, -0.05) is 13.8 Å². The van der Waals surface area contributed by atoms with E-state index in [2.05, 4.69) is 31.4 Å². The Balaban J connectivity index is 1.71. The second kappa shape index (κ2) is 6.19. The highest BCUT2D eigenvalue weighted by atomic mass is 15.0. The van der Waals surface area contributed by atoms with E-state index in [9.17, 15) is 0 Å². The molecule has 2 rings (SSSR count). The lowest BCUT2D eigenvalue weighted by molar-refractivity contribution is 0.210. The molecule has 0 spiro atoms. The normalized spacial score (nSPS) is 40.4. The Morgan fingerprint density at radius 2 is 2.06 bits per heavy atom. The summed E-state index contributed by atoms with van der Waals surface area (Å²) in [5.41, 5.74) is 0. The van der Waals surface area contributed by atoms with Crippen molar-refractivity contribution in [1.29, 1.82) is 0 Å². The van der Waals surface area contributed by atoms with E-state index in [0.717, 1.165) is 23.9 Å². The molecule has 1 aliphatic heterocycles. The predicted octanol–water partition coefficient (Wildman–Crippen LogP) is 2.93. The van der Waals surface area contributed by atoms with E-state index >= 15 is 0 Å². The van der Waals surface area contributed by atoms with Gasteiger partial charge in [-0.05, 0) is 63.8 Å². The standard InChI is InChI=1S/C15H30N2/c1-11-6-7-15(12(2)9-11)17-13(3)10-14-5-4-8-16-14/h11-17H,4-10H2,1-3H3. The van der Waals surface area contributed by atoms with Crippen LogP contribution in [0.5, 0.6) is 0 Å². The molecule has 0 radical (unpaired) electrons. The van der Waals surface area contributed by atoms with Crippen LogP contribution in [0, 0.1) is 11.8 Å². The van der Waals surface area contributed by atoms with Crippen molar-refractivity contribution in [2.24, 2.45) is 11.8 Å². The molecule has 1 saturated carbocycles. The number of nitrogens with one attached hydrogen (secondary N) is 2. The first kappa shape index (κ1) is 13.4. The molecule has 5 unspecified atom stereocenters. The summed E-state index contributed by atoms with van der Waals surface area (Å²) < 4.78 is 0. The van der Waals surface area contributed by atoms with Crippen LogP contribution in [-0.4, -0.2) is 24.7 Å². The van der Waals surface area contributed by atoms with E-state index in [1.807, 2.05) is 0 Å². The molecule has 1 heterocycles. The minimum Gasteiger partial charge on any atom is -0.314 e. The van der Waals surface area contributed by atoms with Crippen LogP contribution in [0.2, 0.25) is 0 Å². The zero-order valence-electron chi connectivity index (χ0n) is 11.8. The SMILES string of the molecule is CC1CCC(NC(C)CC2CCCN2)C(C)C1. The van der Waals surface area contributed by atoms with Crippen LogP contribution in [0.1, 0.15) is 59.3 Å². The molecule has 2 nitrogen and oxygen atoms in total. The zero-order chi connectivity index (χ0) is 12.3. The average molecular weight is 238 g/mol. The third-order valence-electron chi connectivity index (χ3n) is 4.73. The Morgan fingerprint density at radius 3 is 2.71 bits per heavy atom. The molecule has 17 heavy (non-hydrogen) atoms. The highest BCUT2D eigenvalue weighted by Gasteiger charge is 2.27. The molecule has 0 bridgehead atoms. The minimum atomic E-state index is 0.673. The third-order valence-corrected chi connectivity index (χ3v) is 4.73. The molecule has 1 aliphatic carbocycles. The lowest BCUT2D eigenvalue weighted by Gasteiger charge is -2.35. The first-order chi connectivity index (χ1) is 8.15. The van der Waals surface area contributed by atoms with Crippen molar-refractivity contribution < 1.29 is 0 Å². The Hall–Kier alpha value is -0.0800.